The maximum Gasteiger partial charge on any atom is 0.245 e. The Morgan fingerprint density at radius 1 is 1.24 bits per heavy atom. The van der Waals surface area contributed by atoms with Crippen LogP contribution in [0.15, 0.2) is 12.7 Å². The molecule has 0 saturated heterocycles. The zero-order valence-electron chi connectivity index (χ0n) is 12.6. The third-order valence-corrected chi connectivity index (χ3v) is 4.79. The third kappa shape index (κ3) is 5.76. The molecule has 6 heteroatoms. The maximum absolute atomic E-state index is 12.1. The number of hydrogen-bond donors (Lipinski definition) is 2. The summed E-state index contributed by atoms with van der Waals surface area (Å²) in [7, 11) is 0. The summed E-state index contributed by atoms with van der Waals surface area (Å²) in [5, 5.41) is 5.49. The summed E-state index contributed by atoms with van der Waals surface area (Å²) < 4.78 is 0.239. The Balaban J connectivity index is 2.38. The average Bonchev–Trinajstić information content (AvgIpc) is 2.44. The molecule has 0 aliphatic heterocycles. The van der Waals surface area contributed by atoms with E-state index in [2.05, 4.69) is 17.2 Å². The van der Waals surface area contributed by atoms with E-state index in [0.29, 0.717) is 12.5 Å². The highest BCUT2D eigenvalue weighted by atomic mass is 127. The summed E-state index contributed by atoms with van der Waals surface area (Å²) in [6.07, 6.45) is 4.87. The first-order chi connectivity index (χ1) is 9.76. The van der Waals surface area contributed by atoms with Gasteiger partial charge in [-0.15, -0.1) is 0 Å². The largest absolute Gasteiger partial charge is 0.354 e. The van der Waals surface area contributed by atoms with Gasteiger partial charge in [-0.1, -0.05) is 6.58 Å². The van der Waals surface area contributed by atoms with E-state index in [9.17, 15) is 14.4 Å². The van der Waals surface area contributed by atoms with Gasteiger partial charge in [0.1, 0.15) is 5.54 Å². The fraction of sp³-hybridized carbons (Fsp3) is 0.667. The molecule has 1 aliphatic rings. The van der Waals surface area contributed by atoms with Crippen molar-refractivity contribution in [3.63, 3.8) is 0 Å². The van der Waals surface area contributed by atoms with E-state index in [1.54, 1.807) is 13.8 Å². The predicted molar refractivity (Wildman–Crippen MR) is 89.9 cm³/mol. The number of hydrogen-bond acceptors (Lipinski definition) is 3. The lowest BCUT2D eigenvalue weighted by Crippen LogP contribution is -2.55. The van der Waals surface area contributed by atoms with Crippen LogP contribution in [0, 0.1) is 11.8 Å². The van der Waals surface area contributed by atoms with E-state index in [1.807, 2.05) is 22.6 Å². The standard InChI is InChI=1S/C15H23IN2O3/c1-4-12(19)18-15(2,3)14(21)17-9-10-5-7-11(8-6-10)13(16)20/h4,10-11H,1,5-9H2,2-3H3,(H,17,21)(H,18,19). The van der Waals surface area contributed by atoms with Crippen LogP contribution < -0.4 is 10.6 Å². The van der Waals surface area contributed by atoms with Crippen molar-refractivity contribution < 1.29 is 14.4 Å². The van der Waals surface area contributed by atoms with Crippen LogP contribution in [0.1, 0.15) is 39.5 Å². The molecule has 0 aromatic carbocycles. The molecular formula is C15H23IN2O3. The molecule has 0 radical (unpaired) electrons. The number of carbonyl (C=O) groups is 3. The molecule has 21 heavy (non-hydrogen) atoms. The molecule has 1 rings (SSSR count). The SMILES string of the molecule is C=CC(=O)NC(C)(C)C(=O)NCC1CCC(C(=O)I)CC1. The van der Waals surface area contributed by atoms with Crippen LogP contribution in [0.3, 0.4) is 0 Å². The molecule has 0 atom stereocenters. The molecule has 1 fully saturated rings. The molecule has 0 spiro atoms. The van der Waals surface area contributed by atoms with Gasteiger partial charge >= 0.3 is 0 Å². The molecule has 2 N–H and O–H groups in total. The van der Waals surface area contributed by atoms with Crippen molar-refractivity contribution in [2.75, 3.05) is 6.54 Å². The van der Waals surface area contributed by atoms with Crippen molar-refractivity contribution in [1.82, 2.24) is 10.6 Å². The Hall–Kier alpha value is -0.920. The topological polar surface area (TPSA) is 75.3 Å². The lowest BCUT2D eigenvalue weighted by Gasteiger charge is -2.29. The number of amides is 2. The van der Waals surface area contributed by atoms with Crippen LogP contribution in [0.2, 0.25) is 0 Å². The van der Waals surface area contributed by atoms with Gasteiger partial charge in [-0.05, 0) is 74.1 Å². The Morgan fingerprint density at radius 2 is 1.81 bits per heavy atom. The summed E-state index contributed by atoms with van der Waals surface area (Å²) in [6.45, 7) is 7.29. The summed E-state index contributed by atoms with van der Waals surface area (Å²) >= 11 is 1.87. The van der Waals surface area contributed by atoms with Crippen LogP contribution in [-0.2, 0) is 14.4 Å². The van der Waals surface area contributed by atoms with Crippen LogP contribution in [-0.4, -0.2) is 27.7 Å². The summed E-state index contributed by atoms with van der Waals surface area (Å²) in [5.74, 6) is 0.0220. The zero-order valence-corrected chi connectivity index (χ0v) is 14.7. The first-order valence-corrected chi connectivity index (χ1v) is 8.26. The molecule has 2 amide bonds. The molecule has 118 valence electrons. The van der Waals surface area contributed by atoms with E-state index in [4.69, 9.17) is 0 Å². The van der Waals surface area contributed by atoms with Gasteiger partial charge in [-0.2, -0.15) is 0 Å². The van der Waals surface area contributed by atoms with Crippen LogP contribution >= 0.6 is 22.6 Å². The van der Waals surface area contributed by atoms with Crippen molar-refractivity contribution in [3.05, 3.63) is 12.7 Å². The van der Waals surface area contributed by atoms with Crippen molar-refractivity contribution >= 4 is 38.2 Å². The first-order valence-electron chi connectivity index (χ1n) is 7.18. The van der Waals surface area contributed by atoms with E-state index in [-0.39, 0.29) is 21.5 Å². The Bertz CT molecular complexity index is 427. The highest BCUT2D eigenvalue weighted by Gasteiger charge is 2.30. The van der Waals surface area contributed by atoms with Gasteiger partial charge in [0.15, 0.2) is 3.79 Å². The summed E-state index contributed by atoms with van der Waals surface area (Å²) in [6, 6.07) is 0. The van der Waals surface area contributed by atoms with Crippen molar-refractivity contribution in [1.29, 1.82) is 0 Å². The van der Waals surface area contributed by atoms with Crippen LogP contribution in [0.25, 0.3) is 0 Å². The molecule has 0 bridgehead atoms. The minimum atomic E-state index is -0.958. The van der Waals surface area contributed by atoms with Gasteiger partial charge in [-0.3, -0.25) is 14.4 Å². The third-order valence-electron chi connectivity index (χ3n) is 3.91. The van der Waals surface area contributed by atoms with Crippen molar-refractivity contribution in [2.24, 2.45) is 11.8 Å². The number of carbonyl (C=O) groups excluding carboxylic acids is 3. The second-order valence-corrected chi connectivity index (χ2v) is 7.11. The van der Waals surface area contributed by atoms with Gasteiger partial charge < -0.3 is 10.6 Å². The number of nitrogens with one attached hydrogen (secondary N) is 2. The van der Waals surface area contributed by atoms with E-state index >= 15 is 0 Å². The van der Waals surface area contributed by atoms with E-state index in [0.717, 1.165) is 31.8 Å². The molecule has 1 saturated carbocycles. The smallest absolute Gasteiger partial charge is 0.245 e. The Kier molecular flexibility index (Phi) is 6.83. The maximum atomic E-state index is 12.1. The van der Waals surface area contributed by atoms with Gasteiger partial charge in [0.05, 0.1) is 0 Å². The fourth-order valence-electron chi connectivity index (χ4n) is 2.47. The predicted octanol–water partition coefficient (Wildman–Crippen LogP) is 1.95. The quantitative estimate of drug-likeness (QED) is 0.402. The van der Waals surface area contributed by atoms with E-state index < -0.39 is 5.54 Å². The number of rotatable bonds is 6. The monoisotopic (exact) mass is 406 g/mol. The van der Waals surface area contributed by atoms with Crippen molar-refractivity contribution in [2.45, 2.75) is 45.1 Å². The molecule has 0 heterocycles. The molecule has 0 aromatic rings. The second kappa shape index (κ2) is 7.91. The van der Waals surface area contributed by atoms with Crippen LogP contribution in [0.4, 0.5) is 0 Å². The lowest BCUT2D eigenvalue weighted by atomic mass is 9.82. The Morgan fingerprint density at radius 3 is 2.29 bits per heavy atom. The van der Waals surface area contributed by atoms with E-state index in [1.165, 1.54) is 0 Å². The highest BCUT2D eigenvalue weighted by molar-refractivity contribution is 14.1. The minimum Gasteiger partial charge on any atom is -0.354 e. The molecule has 0 aromatic heterocycles. The van der Waals surface area contributed by atoms with Gasteiger partial charge in [0, 0.05) is 12.5 Å². The fourth-order valence-corrected chi connectivity index (χ4v) is 3.09. The summed E-state index contributed by atoms with van der Waals surface area (Å²) in [4.78, 5) is 34.7. The van der Waals surface area contributed by atoms with Crippen LogP contribution in [0.5, 0.6) is 0 Å². The second-order valence-electron chi connectivity index (χ2n) is 6.05. The molecule has 0 unspecified atom stereocenters. The van der Waals surface area contributed by atoms with Gasteiger partial charge in [0.2, 0.25) is 11.8 Å². The number of halogens is 1. The zero-order chi connectivity index (χ0) is 16.0. The molecular weight excluding hydrogens is 383 g/mol. The van der Waals surface area contributed by atoms with Gasteiger partial charge in [-0.25, -0.2) is 0 Å². The lowest BCUT2D eigenvalue weighted by molar-refractivity contribution is -0.130. The first kappa shape index (κ1) is 18.1. The normalized spacial score (nSPS) is 22.2. The van der Waals surface area contributed by atoms with Crippen molar-refractivity contribution in [3.8, 4) is 0 Å². The highest BCUT2D eigenvalue weighted by Crippen LogP contribution is 2.30. The summed E-state index contributed by atoms with van der Waals surface area (Å²) in [5.41, 5.74) is -0.958. The Labute approximate surface area is 139 Å². The average molecular weight is 406 g/mol. The van der Waals surface area contributed by atoms with Gasteiger partial charge in [0.25, 0.3) is 0 Å². The molecule has 1 aliphatic carbocycles. The molecule has 5 nitrogen and oxygen atoms in total. The minimum absolute atomic E-state index is 0.181.